The third kappa shape index (κ3) is 3.17. The van der Waals surface area contributed by atoms with Crippen molar-refractivity contribution in [1.82, 2.24) is 0 Å². The molecule has 0 radical (unpaired) electrons. The maximum absolute atomic E-state index is 12.0. The molecule has 1 amide bonds. The van der Waals surface area contributed by atoms with Gasteiger partial charge < -0.3 is 15.8 Å². The molecule has 0 fully saturated rings. The maximum Gasteiger partial charge on any atom is 0.255 e. The van der Waals surface area contributed by atoms with Gasteiger partial charge >= 0.3 is 0 Å². The number of carbonyl (C=O) groups excluding carboxylic acids is 1. The van der Waals surface area contributed by atoms with Gasteiger partial charge in [0.25, 0.3) is 5.91 Å². The summed E-state index contributed by atoms with van der Waals surface area (Å²) in [6.45, 7) is 0. The first-order valence-corrected chi connectivity index (χ1v) is 5.98. The van der Waals surface area contributed by atoms with Crippen molar-refractivity contribution in [3.05, 3.63) is 53.1 Å². The summed E-state index contributed by atoms with van der Waals surface area (Å²) in [5.41, 5.74) is 7.19. The molecule has 2 aromatic carbocycles. The van der Waals surface area contributed by atoms with Gasteiger partial charge in [0.05, 0.1) is 17.8 Å². The van der Waals surface area contributed by atoms with Crippen LogP contribution in [0.4, 0.5) is 11.4 Å². The van der Waals surface area contributed by atoms with Gasteiger partial charge in [0, 0.05) is 17.3 Å². The molecule has 2 aromatic rings. The first-order chi connectivity index (χ1) is 9.10. The second-order valence-electron chi connectivity index (χ2n) is 3.92. The van der Waals surface area contributed by atoms with Crippen LogP contribution in [0, 0.1) is 0 Å². The van der Waals surface area contributed by atoms with E-state index >= 15 is 0 Å². The molecule has 0 saturated carbocycles. The largest absolute Gasteiger partial charge is 0.497 e. The summed E-state index contributed by atoms with van der Waals surface area (Å²) in [6.07, 6.45) is 0. The van der Waals surface area contributed by atoms with Crippen molar-refractivity contribution in [2.75, 3.05) is 18.2 Å². The van der Waals surface area contributed by atoms with Crippen molar-refractivity contribution < 1.29 is 9.53 Å². The molecule has 5 heteroatoms. The lowest BCUT2D eigenvalue weighted by atomic mass is 10.2. The number of rotatable bonds is 3. The van der Waals surface area contributed by atoms with E-state index in [2.05, 4.69) is 5.32 Å². The topological polar surface area (TPSA) is 64.3 Å². The molecular weight excluding hydrogens is 264 g/mol. The Balaban J connectivity index is 2.21. The van der Waals surface area contributed by atoms with Crippen LogP contribution in [-0.2, 0) is 0 Å². The van der Waals surface area contributed by atoms with E-state index in [0.717, 1.165) is 0 Å². The summed E-state index contributed by atoms with van der Waals surface area (Å²) in [4.78, 5) is 12.0. The number of amides is 1. The number of methoxy groups -OCH3 is 1. The van der Waals surface area contributed by atoms with Crippen LogP contribution >= 0.6 is 11.6 Å². The molecule has 0 aromatic heterocycles. The molecular formula is C14H13ClN2O2. The molecule has 0 bridgehead atoms. The lowest BCUT2D eigenvalue weighted by molar-refractivity contribution is 0.102. The SMILES string of the molecule is COc1ccc(Cl)c(NC(=O)c2ccc(N)cc2)c1. The minimum Gasteiger partial charge on any atom is -0.497 e. The number of nitrogen functional groups attached to an aromatic ring is 1. The molecule has 0 aliphatic heterocycles. The first-order valence-electron chi connectivity index (χ1n) is 5.60. The molecule has 0 saturated heterocycles. The fraction of sp³-hybridized carbons (Fsp3) is 0.0714. The number of nitrogens with two attached hydrogens (primary N) is 1. The van der Waals surface area contributed by atoms with E-state index in [9.17, 15) is 4.79 Å². The van der Waals surface area contributed by atoms with Crippen molar-refractivity contribution in [2.45, 2.75) is 0 Å². The summed E-state index contributed by atoms with van der Waals surface area (Å²) in [6, 6.07) is 11.7. The van der Waals surface area contributed by atoms with Crippen molar-refractivity contribution in [1.29, 1.82) is 0 Å². The lowest BCUT2D eigenvalue weighted by Gasteiger charge is -2.09. The zero-order valence-corrected chi connectivity index (χ0v) is 11.1. The average molecular weight is 277 g/mol. The highest BCUT2D eigenvalue weighted by atomic mass is 35.5. The van der Waals surface area contributed by atoms with Gasteiger partial charge in [-0.05, 0) is 36.4 Å². The normalized spacial score (nSPS) is 10.0. The number of nitrogens with one attached hydrogen (secondary N) is 1. The van der Waals surface area contributed by atoms with Gasteiger partial charge in [-0.15, -0.1) is 0 Å². The highest BCUT2D eigenvalue weighted by Gasteiger charge is 2.09. The summed E-state index contributed by atoms with van der Waals surface area (Å²) in [5.74, 6) is 0.368. The summed E-state index contributed by atoms with van der Waals surface area (Å²) < 4.78 is 5.09. The molecule has 0 unspecified atom stereocenters. The Kier molecular flexibility index (Phi) is 3.92. The highest BCUT2D eigenvalue weighted by molar-refractivity contribution is 6.34. The van der Waals surface area contributed by atoms with E-state index in [1.54, 1.807) is 49.6 Å². The second kappa shape index (κ2) is 5.63. The first kappa shape index (κ1) is 13.2. The Morgan fingerprint density at radius 1 is 1.21 bits per heavy atom. The zero-order valence-electron chi connectivity index (χ0n) is 10.3. The summed E-state index contributed by atoms with van der Waals surface area (Å²) in [7, 11) is 1.55. The van der Waals surface area contributed by atoms with E-state index in [4.69, 9.17) is 22.1 Å². The van der Waals surface area contributed by atoms with E-state index in [0.29, 0.717) is 27.7 Å². The fourth-order valence-corrected chi connectivity index (χ4v) is 1.72. The third-order valence-electron chi connectivity index (χ3n) is 2.59. The van der Waals surface area contributed by atoms with Gasteiger partial charge in [-0.2, -0.15) is 0 Å². The predicted molar refractivity (Wildman–Crippen MR) is 76.8 cm³/mol. The van der Waals surface area contributed by atoms with Crippen LogP contribution in [0.15, 0.2) is 42.5 Å². The van der Waals surface area contributed by atoms with Crippen molar-refractivity contribution in [2.24, 2.45) is 0 Å². The molecule has 0 spiro atoms. The quantitative estimate of drug-likeness (QED) is 0.846. The number of hydrogen-bond acceptors (Lipinski definition) is 3. The third-order valence-corrected chi connectivity index (χ3v) is 2.92. The van der Waals surface area contributed by atoms with Gasteiger partial charge in [0.2, 0.25) is 0 Å². The van der Waals surface area contributed by atoms with Crippen LogP contribution in [0.2, 0.25) is 5.02 Å². The van der Waals surface area contributed by atoms with Gasteiger partial charge in [-0.3, -0.25) is 4.79 Å². The van der Waals surface area contributed by atoms with Gasteiger partial charge in [0.15, 0.2) is 0 Å². The number of halogens is 1. The van der Waals surface area contributed by atoms with Crippen LogP contribution in [0.5, 0.6) is 5.75 Å². The van der Waals surface area contributed by atoms with Crippen molar-refractivity contribution >= 4 is 28.9 Å². The molecule has 0 heterocycles. The molecule has 2 rings (SSSR count). The number of hydrogen-bond donors (Lipinski definition) is 2. The molecule has 19 heavy (non-hydrogen) atoms. The highest BCUT2D eigenvalue weighted by Crippen LogP contribution is 2.27. The average Bonchev–Trinajstić information content (AvgIpc) is 2.42. The molecule has 4 nitrogen and oxygen atoms in total. The van der Waals surface area contributed by atoms with Gasteiger partial charge in [-0.25, -0.2) is 0 Å². The van der Waals surface area contributed by atoms with Crippen LogP contribution in [0.25, 0.3) is 0 Å². The Bertz CT molecular complexity index is 597. The molecule has 0 aliphatic carbocycles. The Morgan fingerprint density at radius 3 is 2.53 bits per heavy atom. The number of ether oxygens (including phenoxy) is 1. The Morgan fingerprint density at radius 2 is 1.89 bits per heavy atom. The molecule has 3 N–H and O–H groups in total. The molecule has 0 aliphatic rings. The Hall–Kier alpha value is -2.20. The Labute approximate surface area is 116 Å². The molecule has 0 atom stereocenters. The molecule has 98 valence electrons. The number of benzene rings is 2. The maximum atomic E-state index is 12.0. The summed E-state index contributed by atoms with van der Waals surface area (Å²) >= 11 is 6.02. The zero-order chi connectivity index (χ0) is 13.8. The lowest BCUT2D eigenvalue weighted by Crippen LogP contribution is -2.12. The van der Waals surface area contributed by atoms with Gasteiger partial charge in [0.1, 0.15) is 5.75 Å². The number of anilines is 2. The van der Waals surface area contributed by atoms with Gasteiger partial charge in [-0.1, -0.05) is 11.6 Å². The summed E-state index contributed by atoms with van der Waals surface area (Å²) in [5, 5.41) is 3.18. The van der Waals surface area contributed by atoms with Crippen LogP contribution in [0.3, 0.4) is 0 Å². The van der Waals surface area contributed by atoms with Crippen LogP contribution in [-0.4, -0.2) is 13.0 Å². The van der Waals surface area contributed by atoms with Crippen molar-refractivity contribution in [3.8, 4) is 5.75 Å². The van der Waals surface area contributed by atoms with Crippen LogP contribution < -0.4 is 15.8 Å². The standard InChI is InChI=1S/C14H13ClN2O2/c1-19-11-6-7-12(15)13(8-11)17-14(18)9-2-4-10(16)5-3-9/h2-8H,16H2,1H3,(H,17,18). The smallest absolute Gasteiger partial charge is 0.255 e. The minimum absolute atomic E-state index is 0.254. The van der Waals surface area contributed by atoms with Crippen molar-refractivity contribution in [3.63, 3.8) is 0 Å². The second-order valence-corrected chi connectivity index (χ2v) is 4.33. The predicted octanol–water partition coefficient (Wildman–Crippen LogP) is 3.18. The van der Waals surface area contributed by atoms with E-state index in [-0.39, 0.29) is 5.91 Å². The van der Waals surface area contributed by atoms with E-state index < -0.39 is 0 Å². The number of carbonyl (C=O) groups is 1. The fourth-order valence-electron chi connectivity index (χ4n) is 1.56. The van der Waals surface area contributed by atoms with Crippen LogP contribution in [0.1, 0.15) is 10.4 Å². The van der Waals surface area contributed by atoms with E-state index in [1.807, 2.05) is 0 Å². The minimum atomic E-state index is -0.254. The van der Waals surface area contributed by atoms with E-state index in [1.165, 1.54) is 0 Å². The monoisotopic (exact) mass is 276 g/mol.